The first-order valence-corrected chi connectivity index (χ1v) is 10.0. The number of benzene rings is 1. The van der Waals surface area contributed by atoms with Gasteiger partial charge in [0.05, 0.1) is 12.6 Å². The summed E-state index contributed by atoms with van der Waals surface area (Å²) in [5.41, 5.74) is 1.37. The zero-order chi connectivity index (χ0) is 16.3. The summed E-state index contributed by atoms with van der Waals surface area (Å²) in [5, 5.41) is 6.77. The molecule has 1 unspecified atom stereocenters. The van der Waals surface area contributed by atoms with E-state index in [1.165, 1.54) is 31.5 Å². The second-order valence-electron chi connectivity index (χ2n) is 5.81. The molecule has 0 aromatic heterocycles. The van der Waals surface area contributed by atoms with Crippen molar-refractivity contribution >= 4 is 41.7 Å². The number of nitrogens with zero attached hydrogens (tertiary/aromatic N) is 2. The number of aliphatic imine (C=N–C) groups is 1. The van der Waals surface area contributed by atoms with Gasteiger partial charge in [-0.05, 0) is 44.7 Å². The van der Waals surface area contributed by atoms with Crippen LogP contribution in [0.15, 0.2) is 35.3 Å². The van der Waals surface area contributed by atoms with Gasteiger partial charge in [0.1, 0.15) is 0 Å². The van der Waals surface area contributed by atoms with Crippen LogP contribution in [-0.2, 0) is 0 Å². The molecule has 1 aromatic carbocycles. The van der Waals surface area contributed by atoms with E-state index in [-0.39, 0.29) is 24.0 Å². The predicted octanol–water partition coefficient (Wildman–Crippen LogP) is 3.36. The van der Waals surface area contributed by atoms with Crippen LogP contribution in [0.3, 0.4) is 0 Å². The number of nitrogens with one attached hydrogen (secondary N) is 2. The molecule has 0 radical (unpaired) electrons. The average Bonchev–Trinajstić information content (AvgIpc) is 3.10. The molecule has 24 heavy (non-hydrogen) atoms. The summed E-state index contributed by atoms with van der Waals surface area (Å²) < 4.78 is 0. The monoisotopic (exact) mass is 462 g/mol. The Labute approximate surface area is 168 Å². The number of rotatable bonds is 8. The van der Waals surface area contributed by atoms with Gasteiger partial charge in [0.15, 0.2) is 5.96 Å². The first-order valence-electron chi connectivity index (χ1n) is 8.65. The van der Waals surface area contributed by atoms with Crippen molar-refractivity contribution in [2.75, 3.05) is 44.7 Å². The number of likely N-dealkylation sites (tertiary alicyclic amines) is 1. The van der Waals surface area contributed by atoms with Crippen molar-refractivity contribution in [3.05, 3.63) is 35.9 Å². The molecule has 1 aliphatic heterocycles. The van der Waals surface area contributed by atoms with Gasteiger partial charge in [-0.2, -0.15) is 11.8 Å². The van der Waals surface area contributed by atoms with E-state index < -0.39 is 0 Å². The van der Waals surface area contributed by atoms with Gasteiger partial charge in [-0.25, -0.2) is 0 Å². The van der Waals surface area contributed by atoms with Gasteiger partial charge in [-0.3, -0.25) is 9.89 Å². The number of guanidine groups is 1. The summed E-state index contributed by atoms with van der Waals surface area (Å²) in [5.74, 6) is 2.03. The smallest absolute Gasteiger partial charge is 0.191 e. The van der Waals surface area contributed by atoms with Gasteiger partial charge in [-0.15, -0.1) is 24.0 Å². The topological polar surface area (TPSA) is 39.7 Å². The van der Waals surface area contributed by atoms with Gasteiger partial charge in [0.2, 0.25) is 0 Å². The summed E-state index contributed by atoms with van der Waals surface area (Å²) in [6.45, 7) is 7.13. The highest BCUT2D eigenvalue weighted by atomic mass is 127. The average molecular weight is 462 g/mol. The number of hydrogen-bond acceptors (Lipinski definition) is 3. The second-order valence-corrected chi connectivity index (χ2v) is 6.79. The maximum atomic E-state index is 4.85. The molecule has 6 heteroatoms. The van der Waals surface area contributed by atoms with Crippen LogP contribution < -0.4 is 10.6 Å². The third kappa shape index (κ3) is 7.19. The minimum absolute atomic E-state index is 0. The molecule has 1 aliphatic rings. The van der Waals surface area contributed by atoms with Gasteiger partial charge in [0.25, 0.3) is 0 Å². The quantitative estimate of drug-likeness (QED) is 0.269. The van der Waals surface area contributed by atoms with Crippen molar-refractivity contribution < 1.29 is 0 Å². The zero-order valence-corrected chi connectivity index (χ0v) is 18.0. The first kappa shape index (κ1) is 21.6. The van der Waals surface area contributed by atoms with E-state index in [9.17, 15) is 0 Å². The lowest BCUT2D eigenvalue weighted by molar-refractivity contribution is 0.251. The normalized spacial score (nSPS) is 16.5. The van der Waals surface area contributed by atoms with E-state index >= 15 is 0 Å². The maximum Gasteiger partial charge on any atom is 0.191 e. The molecule has 1 fully saturated rings. The van der Waals surface area contributed by atoms with Crippen molar-refractivity contribution in [1.29, 1.82) is 0 Å². The van der Waals surface area contributed by atoms with Crippen LogP contribution in [0.2, 0.25) is 0 Å². The van der Waals surface area contributed by atoms with Gasteiger partial charge >= 0.3 is 0 Å². The molecule has 1 heterocycles. The molecule has 1 aromatic rings. The lowest BCUT2D eigenvalue weighted by atomic mass is 10.1. The van der Waals surface area contributed by atoms with Gasteiger partial charge in [-0.1, -0.05) is 30.3 Å². The SMILES string of the molecule is CCNC(=NCC(c1ccccc1)N1CCCC1)NCCSC.I. The summed E-state index contributed by atoms with van der Waals surface area (Å²) in [4.78, 5) is 7.42. The highest BCUT2D eigenvalue weighted by molar-refractivity contribution is 14.0. The minimum atomic E-state index is 0. The van der Waals surface area contributed by atoms with Crippen LogP contribution >= 0.6 is 35.7 Å². The Bertz CT molecular complexity index is 463. The Hall–Kier alpha value is -0.470. The van der Waals surface area contributed by atoms with E-state index in [0.717, 1.165) is 31.3 Å². The van der Waals surface area contributed by atoms with Crippen LogP contribution in [0.1, 0.15) is 31.4 Å². The Balaban J connectivity index is 0.00000288. The Morgan fingerprint density at radius 1 is 1.21 bits per heavy atom. The van der Waals surface area contributed by atoms with E-state index in [0.29, 0.717) is 6.04 Å². The summed E-state index contributed by atoms with van der Waals surface area (Å²) >= 11 is 1.85. The largest absolute Gasteiger partial charge is 0.357 e. The van der Waals surface area contributed by atoms with Crippen molar-refractivity contribution in [3.8, 4) is 0 Å². The highest BCUT2D eigenvalue weighted by Gasteiger charge is 2.23. The van der Waals surface area contributed by atoms with Crippen molar-refractivity contribution in [3.63, 3.8) is 0 Å². The highest BCUT2D eigenvalue weighted by Crippen LogP contribution is 2.25. The fraction of sp³-hybridized carbons (Fsp3) is 0.611. The van der Waals surface area contributed by atoms with Crippen molar-refractivity contribution in [2.24, 2.45) is 4.99 Å². The van der Waals surface area contributed by atoms with Crippen LogP contribution in [0.25, 0.3) is 0 Å². The third-order valence-corrected chi connectivity index (χ3v) is 4.74. The zero-order valence-electron chi connectivity index (χ0n) is 14.8. The lowest BCUT2D eigenvalue weighted by Crippen LogP contribution is -2.39. The number of hydrogen-bond donors (Lipinski definition) is 2. The molecule has 136 valence electrons. The molecule has 1 atom stereocenters. The lowest BCUT2D eigenvalue weighted by Gasteiger charge is -2.27. The molecular weight excluding hydrogens is 431 g/mol. The van der Waals surface area contributed by atoms with E-state index in [1.807, 2.05) is 11.8 Å². The van der Waals surface area contributed by atoms with Crippen LogP contribution in [0.4, 0.5) is 0 Å². The maximum absolute atomic E-state index is 4.85. The summed E-state index contributed by atoms with van der Waals surface area (Å²) in [6, 6.07) is 11.2. The third-order valence-electron chi connectivity index (χ3n) is 4.13. The second kappa shape index (κ2) is 12.8. The molecule has 2 N–H and O–H groups in total. The van der Waals surface area contributed by atoms with Crippen LogP contribution in [0, 0.1) is 0 Å². The first-order chi connectivity index (χ1) is 11.3. The molecule has 2 rings (SSSR count). The van der Waals surface area contributed by atoms with Crippen LogP contribution in [0.5, 0.6) is 0 Å². The molecule has 0 saturated carbocycles. The standard InChI is InChI=1S/C18H30N4S.HI/c1-3-19-18(20-11-14-23-2)21-15-17(22-12-7-8-13-22)16-9-5-4-6-10-16;/h4-6,9-10,17H,3,7-8,11-15H2,1-2H3,(H2,19,20,21);1H. The molecule has 1 saturated heterocycles. The van der Waals surface area contributed by atoms with Gasteiger partial charge < -0.3 is 10.6 Å². The number of halogens is 1. The van der Waals surface area contributed by atoms with Crippen LogP contribution in [-0.4, -0.2) is 55.6 Å². The summed E-state index contributed by atoms with van der Waals surface area (Å²) in [7, 11) is 0. The van der Waals surface area contributed by atoms with E-state index in [1.54, 1.807) is 0 Å². The molecule has 0 amide bonds. The fourth-order valence-electron chi connectivity index (χ4n) is 2.95. The van der Waals surface area contributed by atoms with Gasteiger partial charge in [0, 0.05) is 18.8 Å². The Morgan fingerprint density at radius 3 is 2.54 bits per heavy atom. The Kier molecular flexibility index (Phi) is 11.5. The Morgan fingerprint density at radius 2 is 1.92 bits per heavy atom. The molecule has 0 aliphatic carbocycles. The minimum Gasteiger partial charge on any atom is -0.357 e. The van der Waals surface area contributed by atoms with Crippen molar-refractivity contribution in [1.82, 2.24) is 15.5 Å². The van der Waals surface area contributed by atoms with Crippen molar-refractivity contribution in [2.45, 2.75) is 25.8 Å². The van der Waals surface area contributed by atoms with E-state index in [2.05, 4.69) is 59.0 Å². The number of thioether (sulfide) groups is 1. The molecule has 0 spiro atoms. The fourth-order valence-corrected chi connectivity index (χ4v) is 3.26. The molecule has 4 nitrogen and oxygen atoms in total. The summed E-state index contributed by atoms with van der Waals surface area (Å²) in [6.07, 6.45) is 4.74. The predicted molar refractivity (Wildman–Crippen MR) is 118 cm³/mol. The van der Waals surface area contributed by atoms with E-state index in [4.69, 9.17) is 4.99 Å². The molecule has 0 bridgehead atoms. The molecular formula is C18H31IN4S.